The lowest BCUT2D eigenvalue weighted by molar-refractivity contribution is -0.131. The van der Waals surface area contributed by atoms with Gasteiger partial charge < -0.3 is 9.80 Å². The molecule has 1 aliphatic rings. The van der Waals surface area contributed by atoms with Crippen molar-refractivity contribution in [2.24, 2.45) is 0 Å². The summed E-state index contributed by atoms with van der Waals surface area (Å²) >= 11 is 5.83. The molecular weight excluding hydrogens is 431 g/mol. The van der Waals surface area contributed by atoms with Gasteiger partial charge in [-0.2, -0.15) is 5.10 Å². The number of aryl methyl sites for hydroxylation is 4. The average Bonchev–Trinajstić information content (AvgIpc) is 3.12. The van der Waals surface area contributed by atoms with Crippen LogP contribution in [0.1, 0.15) is 29.2 Å². The molecule has 0 aliphatic carbocycles. The van der Waals surface area contributed by atoms with Crippen LogP contribution in [0.25, 0.3) is 5.82 Å². The number of benzene rings is 1. The summed E-state index contributed by atoms with van der Waals surface area (Å²) in [6, 6.07) is 8.55. The molecule has 0 unspecified atom stereocenters. The highest BCUT2D eigenvalue weighted by atomic mass is 35.5. The number of amides is 1. The zero-order chi connectivity index (χ0) is 22.8. The number of nitrogens with zero attached hydrogens (tertiary/aromatic N) is 6. The van der Waals surface area contributed by atoms with Gasteiger partial charge in [0.1, 0.15) is 17.5 Å². The SMILES string of the molecule is Cc1cc(C)n(-c2cc(N3CCN(C(=O)CCc4ccc(F)c(Cl)c4)CC3)nc(C)n2)n1. The summed E-state index contributed by atoms with van der Waals surface area (Å²) < 4.78 is 15.1. The zero-order valence-electron chi connectivity index (χ0n) is 18.5. The van der Waals surface area contributed by atoms with Crippen LogP contribution in [0.2, 0.25) is 5.02 Å². The van der Waals surface area contributed by atoms with Gasteiger partial charge in [0.25, 0.3) is 0 Å². The van der Waals surface area contributed by atoms with Gasteiger partial charge in [-0.15, -0.1) is 0 Å². The van der Waals surface area contributed by atoms with Crippen molar-refractivity contribution in [3.63, 3.8) is 0 Å². The van der Waals surface area contributed by atoms with Gasteiger partial charge in [0.05, 0.1) is 10.7 Å². The van der Waals surface area contributed by atoms with Crippen molar-refractivity contribution in [3.05, 3.63) is 63.9 Å². The van der Waals surface area contributed by atoms with Crippen molar-refractivity contribution < 1.29 is 9.18 Å². The molecule has 0 spiro atoms. The van der Waals surface area contributed by atoms with E-state index in [1.54, 1.807) is 12.1 Å². The van der Waals surface area contributed by atoms with E-state index in [1.165, 1.54) is 6.07 Å². The lowest BCUT2D eigenvalue weighted by Crippen LogP contribution is -2.49. The molecular formula is C23H26ClFN6O. The predicted octanol–water partition coefficient (Wildman–Crippen LogP) is 3.66. The van der Waals surface area contributed by atoms with Crippen molar-refractivity contribution in [1.29, 1.82) is 0 Å². The Hall–Kier alpha value is -3.00. The molecule has 2 aromatic heterocycles. The molecule has 0 N–H and O–H groups in total. The number of piperazine rings is 1. The molecule has 0 bridgehead atoms. The third-order valence-corrected chi connectivity index (χ3v) is 5.90. The fraction of sp³-hybridized carbons (Fsp3) is 0.391. The van der Waals surface area contributed by atoms with Crippen LogP contribution in [-0.4, -0.2) is 56.7 Å². The van der Waals surface area contributed by atoms with E-state index in [4.69, 9.17) is 11.6 Å². The third-order valence-electron chi connectivity index (χ3n) is 5.61. The second-order valence-corrected chi connectivity index (χ2v) is 8.49. The van der Waals surface area contributed by atoms with Gasteiger partial charge in [-0.25, -0.2) is 19.0 Å². The van der Waals surface area contributed by atoms with Crippen LogP contribution in [0.5, 0.6) is 0 Å². The molecule has 7 nitrogen and oxygen atoms in total. The first-order valence-electron chi connectivity index (χ1n) is 10.7. The molecule has 1 aromatic carbocycles. The van der Waals surface area contributed by atoms with Gasteiger partial charge in [-0.05, 0) is 51.0 Å². The Morgan fingerprint density at radius 1 is 1.03 bits per heavy atom. The molecule has 0 atom stereocenters. The molecule has 9 heteroatoms. The van der Waals surface area contributed by atoms with Crippen LogP contribution in [-0.2, 0) is 11.2 Å². The first kappa shape index (κ1) is 22.2. The number of rotatable bonds is 5. The molecule has 4 rings (SSSR count). The van der Waals surface area contributed by atoms with Gasteiger partial charge in [0.15, 0.2) is 5.82 Å². The van der Waals surface area contributed by atoms with Crippen LogP contribution in [0.4, 0.5) is 10.2 Å². The predicted molar refractivity (Wildman–Crippen MR) is 122 cm³/mol. The first-order chi connectivity index (χ1) is 15.3. The molecule has 1 aliphatic heterocycles. The second-order valence-electron chi connectivity index (χ2n) is 8.09. The third kappa shape index (κ3) is 4.91. The van der Waals surface area contributed by atoms with Crippen LogP contribution < -0.4 is 4.90 Å². The molecule has 0 radical (unpaired) electrons. The lowest BCUT2D eigenvalue weighted by Gasteiger charge is -2.35. The number of halogens is 2. The van der Waals surface area contributed by atoms with Gasteiger partial charge in [-0.1, -0.05) is 17.7 Å². The number of carbonyl (C=O) groups excluding carboxylic acids is 1. The summed E-state index contributed by atoms with van der Waals surface area (Å²) in [5.74, 6) is 1.91. The Kier molecular flexibility index (Phi) is 6.41. The number of hydrogen-bond acceptors (Lipinski definition) is 5. The van der Waals surface area contributed by atoms with E-state index in [0.29, 0.717) is 44.8 Å². The molecule has 3 heterocycles. The fourth-order valence-electron chi connectivity index (χ4n) is 3.96. The Labute approximate surface area is 191 Å². The highest BCUT2D eigenvalue weighted by Gasteiger charge is 2.23. The van der Waals surface area contributed by atoms with Crippen LogP contribution in [0.15, 0.2) is 30.3 Å². The first-order valence-corrected chi connectivity index (χ1v) is 11.0. The standard InChI is InChI=1S/C23H26ClFN6O/c1-15-12-16(2)31(28-15)22-14-21(26-17(3)27-22)29-8-10-30(11-9-29)23(32)7-5-18-4-6-20(25)19(24)13-18/h4,6,12-14H,5,7-11H2,1-3H3. The van der Waals surface area contributed by atoms with Crippen LogP contribution in [0.3, 0.4) is 0 Å². The van der Waals surface area contributed by atoms with Crippen molar-refractivity contribution in [3.8, 4) is 5.82 Å². The monoisotopic (exact) mass is 456 g/mol. The number of hydrogen-bond donors (Lipinski definition) is 0. The summed E-state index contributed by atoms with van der Waals surface area (Å²) in [7, 11) is 0. The molecule has 0 saturated carbocycles. The Morgan fingerprint density at radius 3 is 2.41 bits per heavy atom. The van der Waals surface area contributed by atoms with E-state index in [-0.39, 0.29) is 10.9 Å². The normalized spacial score (nSPS) is 14.2. The highest BCUT2D eigenvalue weighted by molar-refractivity contribution is 6.30. The summed E-state index contributed by atoms with van der Waals surface area (Å²) in [4.78, 5) is 25.9. The largest absolute Gasteiger partial charge is 0.353 e. The average molecular weight is 457 g/mol. The second kappa shape index (κ2) is 9.24. The molecule has 32 heavy (non-hydrogen) atoms. The summed E-state index contributed by atoms with van der Waals surface area (Å²) in [5.41, 5.74) is 2.82. The minimum Gasteiger partial charge on any atom is -0.353 e. The molecule has 3 aromatic rings. The summed E-state index contributed by atoms with van der Waals surface area (Å²) in [6.45, 7) is 8.48. The van der Waals surface area contributed by atoms with E-state index in [2.05, 4.69) is 20.0 Å². The van der Waals surface area contributed by atoms with E-state index in [9.17, 15) is 9.18 Å². The van der Waals surface area contributed by atoms with Crippen LogP contribution in [0, 0.1) is 26.6 Å². The molecule has 1 fully saturated rings. The number of anilines is 1. The summed E-state index contributed by atoms with van der Waals surface area (Å²) in [6.07, 6.45) is 0.910. The van der Waals surface area contributed by atoms with Gasteiger partial charge in [0.2, 0.25) is 5.91 Å². The van der Waals surface area contributed by atoms with Gasteiger partial charge >= 0.3 is 0 Å². The minimum absolute atomic E-state index is 0.0866. The molecule has 1 amide bonds. The Morgan fingerprint density at radius 2 is 1.75 bits per heavy atom. The zero-order valence-corrected chi connectivity index (χ0v) is 19.2. The van der Waals surface area contributed by atoms with Gasteiger partial charge in [-0.3, -0.25) is 4.79 Å². The smallest absolute Gasteiger partial charge is 0.223 e. The van der Waals surface area contributed by atoms with Crippen molar-refractivity contribution in [1.82, 2.24) is 24.6 Å². The van der Waals surface area contributed by atoms with E-state index in [1.807, 2.05) is 42.5 Å². The molecule has 1 saturated heterocycles. The maximum atomic E-state index is 13.3. The lowest BCUT2D eigenvalue weighted by atomic mass is 10.1. The van der Waals surface area contributed by atoms with Crippen molar-refractivity contribution >= 4 is 23.3 Å². The maximum absolute atomic E-state index is 13.3. The number of aromatic nitrogens is 4. The fourth-order valence-corrected chi connectivity index (χ4v) is 4.16. The van der Waals surface area contributed by atoms with Crippen molar-refractivity contribution in [2.75, 3.05) is 31.1 Å². The highest BCUT2D eigenvalue weighted by Crippen LogP contribution is 2.20. The van der Waals surface area contributed by atoms with E-state index >= 15 is 0 Å². The van der Waals surface area contributed by atoms with Gasteiger partial charge in [0, 0.05) is 44.4 Å². The quantitative estimate of drug-likeness (QED) is 0.586. The van der Waals surface area contributed by atoms with E-state index < -0.39 is 5.82 Å². The van der Waals surface area contributed by atoms with Crippen molar-refractivity contribution in [2.45, 2.75) is 33.6 Å². The van der Waals surface area contributed by atoms with E-state index in [0.717, 1.165) is 28.6 Å². The maximum Gasteiger partial charge on any atom is 0.223 e. The summed E-state index contributed by atoms with van der Waals surface area (Å²) in [5, 5.41) is 4.61. The van der Waals surface area contributed by atoms with Crippen LogP contribution >= 0.6 is 11.6 Å². The Bertz CT molecular complexity index is 1140. The number of carbonyl (C=O) groups is 1. The minimum atomic E-state index is -0.446. The molecule has 168 valence electrons. The Balaban J connectivity index is 1.37. The topological polar surface area (TPSA) is 67.2 Å².